The molecular formula is C18H22F3N5O5. The number of primary amides is 1. The molecule has 1 heterocycles. The summed E-state index contributed by atoms with van der Waals surface area (Å²) in [5.41, 5.74) is 3.17. The molecule has 2 rings (SSSR count). The lowest BCUT2D eigenvalue weighted by atomic mass is 10.1. The minimum absolute atomic E-state index is 0.0282. The number of carbonyl (C=O) groups is 4. The van der Waals surface area contributed by atoms with Gasteiger partial charge in [-0.25, -0.2) is 4.79 Å². The fourth-order valence-electron chi connectivity index (χ4n) is 2.74. The number of rotatable bonds is 6. The minimum atomic E-state index is -4.89. The van der Waals surface area contributed by atoms with E-state index in [0.717, 1.165) is 11.0 Å². The lowest BCUT2D eigenvalue weighted by Gasteiger charge is -2.28. The second kappa shape index (κ2) is 9.64. The number of nitrogens with one attached hydrogen (secondary N) is 3. The van der Waals surface area contributed by atoms with Crippen LogP contribution in [-0.4, -0.2) is 55.6 Å². The van der Waals surface area contributed by atoms with Crippen LogP contribution in [0.15, 0.2) is 18.2 Å². The monoisotopic (exact) mass is 445 g/mol. The lowest BCUT2D eigenvalue weighted by Crippen LogP contribution is -2.55. The average molecular weight is 445 g/mol. The van der Waals surface area contributed by atoms with Gasteiger partial charge in [0.1, 0.15) is 6.61 Å². The largest absolute Gasteiger partial charge is 0.418 e. The van der Waals surface area contributed by atoms with E-state index in [0.29, 0.717) is 6.07 Å². The van der Waals surface area contributed by atoms with E-state index in [1.54, 1.807) is 13.8 Å². The third-order valence-electron chi connectivity index (χ3n) is 4.11. The maximum atomic E-state index is 13.6. The van der Waals surface area contributed by atoms with Crippen molar-refractivity contribution in [2.24, 2.45) is 5.73 Å². The summed E-state index contributed by atoms with van der Waals surface area (Å²) >= 11 is 0. The summed E-state index contributed by atoms with van der Waals surface area (Å²) in [6.07, 6.45) is -4.89. The van der Waals surface area contributed by atoms with Crippen LogP contribution in [0.4, 0.5) is 29.3 Å². The number of morpholine rings is 1. The zero-order chi connectivity index (χ0) is 23.3. The Morgan fingerprint density at radius 3 is 2.42 bits per heavy atom. The van der Waals surface area contributed by atoms with Gasteiger partial charge >= 0.3 is 12.2 Å². The van der Waals surface area contributed by atoms with Crippen LogP contribution in [0.2, 0.25) is 0 Å². The molecule has 5 amide bonds. The molecule has 31 heavy (non-hydrogen) atoms. The van der Waals surface area contributed by atoms with E-state index in [9.17, 15) is 32.3 Å². The Labute approximate surface area is 175 Å². The van der Waals surface area contributed by atoms with Crippen molar-refractivity contribution in [3.63, 3.8) is 0 Å². The molecule has 1 fully saturated rings. The van der Waals surface area contributed by atoms with Gasteiger partial charge in [-0.15, -0.1) is 0 Å². The predicted octanol–water partition coefficient (Wildman–Crippen LogP) is 0.569. The molecule has 0 aliphatic carbocycles. The van der Waals surface area contributed by atoms with E-state index in [-0.39, 0.29) is 31.5 Å². The van der Waals surface area contributed by atoms with Gasteiger partial charge in [0.15, 0.2) is 6.04 Å². The molecule has 0 spiro atoms. The van der Waals surface area contributed by atoms with Gasteiger partial charge < -0.3 is 31.3 Å². The number of hydrogen-bond donors (Lipinski definition) is 4. The average Bonchev–Trinajstić information content (AvgIpc) is 2.65. The van der Waals surface area contributed by atoms with E-state index in [2.05, 4.69) is 5.32 Å². The highest BCUT2D eigenvalue weighted by Gasteiger charge is 2.36. The second-order valence-electron chi connectivity index (χ2n) is 6.92. The maximum Gasteiger partial charge on any atom is 0.418 e. The summed E-state index contributed by atoms with van der Waals surface area (Å²) in [5.74, 6) is -3.03. The van der Waals surface area contributed by atoms with Gasteiger partial charge in [-0.1, -0.05) is 0 Å². The van der Waals surface area contributed by atoms with Crippen molar-refractivity contribution in [1.82, 2.24) is 10.6 Å². The first-order valence-corrected chi connectivity index (χ1v) is 9.16. The van der Waals surface area contributed by atoms with E-state index >= 15 is 0 Å². The van der Waals surface area contributed by atoms with Gasteiger partial charge in [-0.3, -0.25) is 14.4 Å². The molecule has 10 nitrogen and oxygen atoms in total. The first-order valence-electron chi connectivity index (χ1n) is 9.16. The molecule has 0 unspecified atom stereocenters. The Hall–Kier alpha value is -3.35. The van der Waals surface area contributed by atoms with Gasteiger partial charge in [-0.2, -0.15) is 13.2 Å². The topological polar surface area (TPSA) is 143 Å². The highest BCUT2D eigenvalue weighted by Crippen LogP contribution is 2.37. The van der Waals surface area contributed by atoms with E-state index in [4.69, 9.17) is 10.5 Å². The minimum Gasteiger partial charge on any atom is -0.370 e. The number of alkyl halides is 3. The van der Waals surface area contributed by atoms with Crippen LogP contribution >= 0.6 is 0 Å². The molecule has 0 bridgehead atoms. The number of carbonyl (C=O) groups excluding carboxylic acids is 4. The highest BCUT2D eigenvalue weighted by atomic mass is 19.4. The first-order chi connectivity index (χ1) is 14.4. The van der Waals surface area contributed by atoms with Crippen LogP contribution in [0.3, 0.4) is 0 Å². The Bertz CT molecular complexity index is 875. The van der Waals surface area contributed by atoms with Crippen LogP contribution in [-0.2, 0) is 25.3 Å². The van der Waals surface area contributed by atoms with Crippen molar-refractivity contribution in [2.75, 3.05) is 30.0 Å². The van der Waals surface area contributed by atoms with Crippen LogP contribution < -0.4 is 26.6 Å². The van der Waals surface area contributed by atoms with Gasteiger partial charge in [-0.05, 0) is 32.0 Å². The molecule has 5 N–H and O–H groups in total. The normalized spacial score (nSPS) is 15.4. The Morgan fingerprint density at radius 2 is 1.87 bits per heavy atom. The maximum absolute atomic E-state index is 13.6. The zero-order valence-electron chi connectivity index (χ0n) is 16.7. The van der Waals surface area contributed by atoms with Crippen LogP contribution in [0.25, 0.3) is 0 Å². The lowest BCUT2D eigenvalue weighted by molar-refractivity contribution is -0.137. The number of urea groups is 1. The number of halogens is 3. The first kappa shape index (κ1) is 23.9. The Morgan fingerprint density at radius 1 is 1.19 bits per heavy atom. The smallest absolute Gasteiger partial charge is 0.370 e. The van der Waals surface area contributed by atoms with Crippen molar-refractivity contribution in [2.45, 2.75) is 32.1 Å². The van der Waals surface area contributed by atoms with Gasteiger partial charge in [0.2, 0.25) is 5.91 Å². The van der Waals surface area contributed by atoms with Crippen molar-refractivity contribution in [1.29, 1.82) is 0 Å². The van der Waals surface area contributed by atoms with E-state index < -0.39 is 47.2 Å². The summed E-state index contributed by atoms with van der Waals surface area (Å²) in [5, 5.41) is 6.34. The fraction of sp³-hybridized carbons (Fsp3) is 0.444. The molecule has 0 saturated carbocycles. The second-order valence-corrected chi connectivity index (χ2v) is 6.92. The van der Waals surface area contributed by atoms with Crippen LogP contribution in [0.5, 0.6) is 0 Å². The molecule has 0 aromatic heterocycles. The van der Waals surface area contributed by atoms with Crippen molar-refractivity contribution in [3.8, 4) is 0 Å². The zero-order valence-corrected chi connectivity index (χ0v) is 16.7. The van der Waals surface area contributed by atoms with E-state index in [1.165, 1.54) is 6.07 Å². The van der Waals surface area contributed by atoms with E-state index in [1.807, 2.05) is 10.6 Å². The quantitative estimate of drug-likeness (QED) is 0.474. The molecular weight excluding hydrogens is 423 g/mol. The van der Waals surface area contributed by atoms with Gasteiger partial charge in [0, 0.05) is 18.3 Å². The molecule has 170 valence electrons. The summed E-state index contributed by atoms with van der Waals surface area (Å²) < 4.78 is 45.8. The van der Waals surface area contributed by atoms with Crippen molar-refractivity contribution < 1.29 is 37.1 Å². The number of ether oxygens (including phenoxy) is 1. The number of anilines is 2. The molecule has 1 aliphatic rings. The summed E-state index contributed by atoms with van der Waals surface area (Å²) in [6, 6.07) is -0.274. The van der Waals surface area contributed by atoms with Crippen molar-refractivity contribution >= 4 is 35.1 Å². The molecule has 1 aromatic carbocycles. The number of hydrogen-bond acceptors (Lipinski definition) is 5. The predicted molar refractivity (Wildman–Crippen MR) is 103 cm³/mol. The summed E-state index contributed by atoms with van der Waals surface area (Å²) in [6.45, 7) is 3.21. The third kappa shape index (κ3) is 6.31. The molecule has 13 heteroatoms. The van der Waals surface area contributed by atoms with Crippen LogP contribution in [0, 0.1) is 0 Å². The number of benzene rings is 1. The summed E-state index contributed by atoms with van der Waals surface area (Å²) in [4.78, 5) is 48.8. The molecule has 1 atom stereocenters. The molecule has 1 aromatic rings. The SMILES string of the molecule is CC(C)NC(=O)N[C@H](C(N)=O)C(=O)Nc1ccc(N2CCOCC2=O)cc1C(F)(F)F. The molecule has 0 radical (unpaired) electrons. The molecule has 1 saturated heterocycles. The third-order valence-corrected chi connectivity index (χ3v) is 4.11. The van der Waals surface area contributed by atoms with Crippen molar-refractivity contribution in [3.05, 3.63) is 23.8 Å². The molecule has 1 aliphatic heterocycles. The van der Waals surface area contributed by atoms with Gasteiger partial charge in [0.05, 0.1) is 17.9 Å². The number of amides is 5. The summed E-state index contributed by atoms with van der Waals surface area (Å²) in [7, 11) is 0. The highest BCUT2D eigenvalue weighted by molar-refractivity contribution is 6.11. The standard InChI is InChI=1S/C18H22F3N5O5/c1-9(2)23-17(30)25-14(15(22)28)16(29)24-12-4-3-10(7-11(12)18(19,20)21)26-5-6-31-8-13(26)27/h3-4,7,9,14H,5-6,8H2,1-2H3,(H2,22,28)(H,24,29)(H2,23,25,30)/t14-/m1/s1. The fourth-order valence-corrected chi connectivity index (χ4v) is 2.74. The Kier molecular flexibility index (Phi) is 7.44. The van der Waals surface area contributed by atoms with Gasteiger partial charge in [0.25, 0.3) is 11.8 Å². The van der Waals surface area contributed by atoms with Crippen LogP contribution in [0.1, 0.15) is 19.4 Å². The number of nitrogens with two attached hydrogens (primary N) is 1. The Balaban J connectivity index is 2.29. The number of nitrogens with zero attached hydrogens (tertiary/aromatic N) is 1.